The Morgan fingerprint density at radius 3 is 2.32 bits per heavy atom. The van der Waals surface area contributed by atoms with E-state index >= 15 is 0 Å². The Balaban J connectivity index is 1.93. The van der Waals surface area contributed by atoms with Gasteiger partial charge in [0.25, 0.3) is 0 Å². The van der Waals surface area contributed by atoms with Crippen molar-refractivity contribution >= 4 is 10.0 Å². The van der Waals surface area contributed by atoms with E-state index in [0.29, 0.717) is 5.69 Å². The number of aromatic nitrogens is 1. The number of benzene rings is 1. The van der Waals surface area contributed by atoms with E-state index < -0.39 is 10.0 Å². The van der Waals surface area contributed by atoms with Crippen molar-refractivity contribution in [2.45, 2.75) is 32.6 Å². The van der Waals surface area contributed by atoms with Crippen LogP contribution >= 0.6 is 0 Å². The lowest BCUT2D eigenvalue weighted by Gasteiger charge is -2.09. The van der Waals surface area contributed by atoms with Crippen LogP contribution in [-0.4, -0.2) is 26.7 Å². The topological polar surface area (TPSA) is 81.4 Å². The molecule has 0 atom stereocenters. The lowest BCUT2D eigenvalue weighted by Crippen LogP contribution is -2.29. The molecule has 0 aliphatic carbocycles. The van der Waals surface area contributed by atoms with Gasteiger partial charge in [0.2, 0.25) is 10.0 Å². The van der Waals surface area contributed by atoms with Crippen LogP contribution < -0.4 is 9.46 Å². The summed E-state index contributed by atoms with van der Waals surface area (Å²) in [6.45, 7) is 7.54. The third-order valence-corrected chi connectivity index (χ3v) is 4.80. The maximum atomic E-state index is 12.2. The molecule has 6 nitrogen and oxygen atoms in total. The van der Waals surface area contributed by atoms with Gasteiger partial charge in [0, 0.05) is 6.54 Å². The number of hydrogen-bond donors (Lipinski definition) is 1. The lowest BCUT2D eigenvalue weighted by atomic mass is 10.1. The van der Waals surface area contributed by atoms with E-state index in [1.165, 1.54) is 0 Å². The fourth-order valence-corrected chi connectivity index (χ4v) is 3.63. The minimum atomic E-state index is -3.64. The van der Waals surface area contributed by atoms with Gasteiger partial charge in [-0.05, 0) is 51.0 Å². The molecule has 0 aliphatic heterocycles. The summed E-state index contributed by atoms with van der Waals surface area (Å²) in [6, 6.07) is 5.87. The van der Waals surface area contributed by atoms with Gasteiger partial charge in [-0.2, -0.15) is 0 Å². The van der Waals surface area contributed by atoms with Gasteiger partial charge in [-0.3, -0.25) is 0 Å². The second-order valence-corrected chi connectivity index (χ2v) is 6.93. The highest BCUT2D eigenvalue weighted by Crippen LogP contribution is 2.18. The molecule has 0 spiro atoms. The standard InChI is InChI=1S/C15H20N2O4S/c1-10-7-11(2)9-14(8-10)20-6-5-16-22(18,19)15-12(3)17-21-13(15)4/h7-9,16H,5-6H2,1-4H3. The second-order valence-electron chi connectivity index (χ2n) is 5.22. The Bertz CT molecular complexity index is 726. The highest BCUT2D eigenvalue weighted by atomic mass is 32.2. The van der Waals surface area contributed by atoms with Crippen LogP contribution in [0.3, 0.4) is 0 Å². The van der Waals surface area contributed by atoms with Gasteiger partial charge in [-0.1, -0.05) is 11.2 Å². The molecular formula is C15H20N2O4S. The quantitative estimate of drug-likeness (QED) is 0.824. The van der Waals surface area contributed by atoms with E-state index in [4.69, 9.17) is 9.26 Å². The van der Waals surface area contributed by atoms with Crippen molar-refractivity contribution in [2.24, 2.45) is 0 Å². The van der Waals surface area contributed by atoms with Crippen molar-refractivity contribution in [3.63, 3.8) is 0 Å². The van der Waals surface area contributed by atoms with E-state index in [1.807, 2.05) is 32.0 Å². The Morgan fingerprint density at radius 1 is 1.14 bits per heavy atom. The number of aryl methyl sites for hydroxylation is 4. The summed E-state index contributed by atoms with van der Waals surface area (Å²) < 4.78 is 37.3. The number of hydrogen-bond acceptors (Lipinski definition) is 5. The third-order valence-electron chi connectivity index (χ3n) is 3.09. The second kappa shape index (κ2) is 6.50. The summed E-state index contributed by atoms with van der Waals surface area (Å²) >= 11 is 0. The minimum absolute atomic E-state index is 0.0962. The molecule has 7 heteroatoms. The number of ether oxygens (including phenoxy) is 1. The maximum absolute atomic E-state index is 12.2. The van der Waals surface area contributed by atoms with Crippen molar-refractivity contribution < 1.29 is 17.7 Å². The number of sulfonamides is 1. The highest BCUT2D eigenvalue weighted by Gasteiger charge is 2.23. The Morgan fingerprint density at radius 2 is 1.77 bits per heavy atom. The lowest BCUT2D eigenvalue weighted by molar-refractivity contribution is 0.322. The first kappa shape index (κ1) is 16.5. The van der Waals surface area contributed by atoms with Crippen molar-refractivity contribution in [1.82, 2.24) is 9.88 Å². The molecule has 0 radical (unpaired) electrons. The molecular weight excluding hydrogens is 304 g/mol. The molecule has 0 saturated heterocycles. The first-order valence-corrected chi connectivity index (χ1v) is 8.41. The predicted molar refractivity (Wildman–Crippen MR) is 82.6 cm³/mol. The largest absolute Gasteiger partial charge is 0.492 e. The molecule has 22 heavy (non-hydrogen) atoms. The van der Waals surface area contributed by atoms with Crippen LogP contribution in [0.15, 0.2) is 27.6 Å². The summed E-state index contributed by atoms with van der Waals surface area (Å²) in [5, 5.41) is 3.65. The Labute approximate surface area is 130 Å². The van der Waals surface area contributed by atoms with Gasteiger partial charge in [-0.15, -0.1) is 0 Å². The van der Waals surface area contributed by atoms with E-state index in [2.05, 4.69) is 9.88 Å². The van der Waals surface area contributed by atoms with Crippen LogP contribution in [0.25, 0.3) is 0 Å². The van der Waals surface area contributed by atoms with E-state index in [1.54, 1.807) is 13.8 Å². The van der Waals surface area contributed by atoms with Crippen LogP contribution in [-0.2, 0) is 10.0 Å². The maximum Gasteiger partial charge on any atom is 0.246 e. The van der Waals surface area contributed by atoms with Crippen LogP contribution in [0.5, 0.6) is 5.75 Å². The fraction of sp³-hybridized carbons (Fsp3) is 0.400. The molecule has 0 fully saturated rings. The molecule has 1 N–H and O–H groups in total. The van der Waals surface area contributed by atoms with Gasteiger partial charge in [0.1, 0.15) is 22.9 Å². The van der Waals surface area contributed by atoms with Crippen molar-refractivity contribution in [3.05, 3.63) is 40.8 Å². The molecule has 1 heterocycles. The van der Waals surface area contributed by atoms with Crippen molar-refractivity contribution in [3.8, 4) is 5.75 Å². The van der Waals surface area contributed by atoms with Crippen LogP contribution in [0.2, 0.25) is 0 Å². The zero-order chi connectivity index (χ0) is 16.3. The highest BCUT2D eigenvalue weighted by molar-refractivity contribution is 7.89. The van der Waals surface area contributed by atoms with Crippen LogP contribution in [0.4, 0.5) is 0 Å². The average Bonchev–Trinajstić information content (AvgIpc) is 2.74. The SMILES string of the molecule is Cc1cc(C)cc(OCCNS(=O)(=O)c2c(C)noc2C)c1. The first-order chi connectivity index (χ1) is 10.3. The molecule has 0 bridgehead atoms. The molecule has 0 aliphatic rings. The molecule has 1 aromatic carbocycles. The number of rotatable bonds is 6. The Kier molecular flexibility index (Phi) is 4.87. The summed E-state index contributed by atoms with van der Waals surface area (Å²) in [5.74, 6) is 1.01. The molecule has 120 valence electrons. The van der Waals surface area contributed by atoms with Crippen LogP contribution in [0, 0.1) is 27.7 Å². The van der Waals surface area contributed by atoms with E-state index in [-0.39, 0.29) is 23.8 Å². The Hall–Kier alpha value is -1.86. The molecule has 0 unspecified atom stereocenters. The van der Waals surface area contributed by atoms with Gasteiger partial charge < -0.3 is 9.26 Å². The fourth-order valence-electron chi connectivity index (χ4n) is 2.29. The number of nitrogens with one attached hydrogen (secondary N) is 1. The zero-order valence-electron chi connectivity index (χ0n) is 13.1. The molecule has 2 aromatic rings. The summed E-state index contributed by atoms with van der Waals surface area (Å²) in [4.78, 5) is 0.0962. The van der Waals surface area contributed by atoms with Crippen LogP contribution in [0.1, 0.15) is 22.6 Å². The summed E-state index contributed by atoms with van der Waals surface area (Å²) in [6.07, 6.45) is 0. The predicted octanol–water partition coefficient (Wildman–Crippen LogP) is 2.27. The molecule has 2 rings (SSSR count). The monoisotopic (exact) mass is 324 g/mol. The average molecular weight is 324 g/mol. The number of nitrogens with zero attached hydrogens (tertiary/aromatic N) is 1. The van der Waals surface area contributed by atoms with Gasteiger partial charge in [0.15, 0.2) is 5.76 Å². The molecule has 0 amide bonds. The minimum Gasteiger partial charge on any atom is -0.492 e. The van der Waals surface area contributed by atoms with E-state index in [9.17, 15) is 8.42 Å². The summed E-state index contributed by atoms with van der Waals surface area (Å²) in [5.41, 5.74) is 2.55. The van der Waals surface area contributed by atoms with Crippen molar-refractivity contribution in [2.75, 3.05) is 13.2 Å². The third kappa shape index (κ3) is 3.86. The zero-order valence-corrected chi connectivity index (χ0v) is 14.0. The van der Waals surface area contributed by atoms with Gasteiger partial charge in [0.05, 0.1) is 0 Å². The normalized spacial score (nSPS) is 11.6. The van der Waals surface area contributed by atoms with E-state index in [0.717, 1.165) is 16.9 Å². The van der Waals surface area contributed by atoms with Gasteiger partial charge in [-0.25, -0.2) is 13.1 Å². The molecule has 1 aromatic heterocycles. The first-order valence-electron chi connectivity index (χ1n) is 6.93. The summed E-state index contributed by atoms with van der Waals surface area (Å²) in [7, 11) is -3.64. The van der Waals surface area contributed by atoms with Gasteiger partial charge >= 0.3 is 0 Å². The van der Waals surface area contributed by atoms with Crippen molar-refractivity contribution in [1.29, 1.82) is 0 Å². The smallest absolute Gasteiger partial charge is 0.246 e. The molecule has 0 saturated carbocycles.